The zero-order valence-corrected chi connectivity index (χ0v) is 8.16. The molecule has 0 unspecified atom stereocenters. The maximum absolute atomic E-state index is 8.79. The highest BCUT2D eigenvalue weighted by Gasteiger charge is 2.06. The Labute approximate surface area is 83.2 Å². The van der Waals surface area contributed by atoms with E-state index in [4.69, 9.17) is 15.3 Å². The van der Waals surface area contributed by atoms with Crippen molar-refractivity contribution in [1.29, 1.82) is 10.5 Å². The van der Waals surface area contributed by atoms with Crippen LogP contribution < -0.4 is 4.74 Å². The largest absolute Gasteiger partial charge is 0.496 e. The number of hydrogen-bond donors (Lipinski definition) is 0. The fraction of sp³-hybridized carbons (Fsp3) is 0.273. The lowest BCUT2D eigenvalue weighted by Gasteiger charge is -2.07. The van der Waals surface area contributed by atoms with Crippen LogP contribution in [0.5, 0.6) is 5.75 Å². The standard InChI is InChI=1S/C11H10N2O/c1-8-5-9(3-4-12)11(14-2)6-10(8)7-13/h5-6H,3H2,1-2H3. The molecule has 0 amide bonds. The molecular formula is C11H10N2O. The SMILES string of the molecule is COc1cc(C#N)c(C)cc1CC#N. The predicted molar refractivity (Wildman–Crippen MR) is 51.8 cm³/mol. The second kappa shape index (κ2) is 4.30. The molecule has 0 fully saturated rings. The zero-order chi connectivity index (χ0) is 10.6. The number of rotatable bonds is 2. The van der Waals surface area contributed by atoms with Gasteiger partial charge in [-0.3, -0.25) is 0 Å². The van der Waals surface area contributed by atoms with Crippen LogP contribution in [0.2, 0.25) is 0 Å². The van der Waals surface area contributed by atoms with Gasteiger partial charge in [0.1, 0.15) is 5.75 Å². The summed E-state index contributed by atoms with van der Waals surface area (Å²) < 4.78 is 5.09. The lowest BCUT2D eigenvalue weighted by atomic mass is 10.0. The smallest absolute Gasteiger partial charge is 0.124 e. The number of ether oxygens (including phenoxy) is 1. The Morgan fingerprint density at radius 1 is 1.36 bits per heavy atom. The summed E-state index contributed by atoms with van der Waals surface area (Å²) in [4.78, 5) is 0. The number of nitriles is 2. The van der Waals surface area contributed by atoms with Gasteiger partial charge >= 0.3 is 0 Å². The Morgan fingerprint density at radius 3 is 2.57 bits per heavy atom. The predicted octanol–water partition coefficient (Wildman–Crippen LogP) is 1.94. The van der Waals surface area contributed by atoms with Crippen molar-refractivity contribution in [1.82, 2.24) is 0 Å². The molecule has 0 heterocycles. The van der Waals surface area contributed by atoms with Gasteiger partial charge in [0, 0.05) is 5.56 Å². The summed E-state index contributed by atoms with van der Waals surface area (Å²) in [5.74, 6) is 0.605. The van der Waals surface area contributed by atoms with Crippen LogP contribution in [0.1, 0.15) is 16.7 Å². The van der Waals surface area contributed by atoms with Crippen molar-refractivity contribution in [3.05, 3.63) is 28.8 Å². The van der Waals surface area contributed by atoms with Crippen molar-refractivity contribution >= 4 is 0 Å². The Bertz CT molecular complexity index is 424. The van der Waals surface area contributed by atoms with Gasteiger partial charge in [0.15, 0.2) is 0 Å². The summed E-state index contributed by atoms with van der Waals surface area (Å²) in [5.41, 5.74) is 2.29. The van der Waals surface area contributed by atoms with Gasteiger partial charge in [-0.1, -0.05) is 6.07 Å². The van der Waals surface area contributed by atoms with E-state index in [9.17, 15) is 0 Å². The number of hydrogen-bond acceptors (Lipinski definition) is 3. The van der Waals surface area contributed by atoms with E-state index in [-0.39, 0.29) is 0 Å². The van der Waals surface area contributed by atoms with Crippen molar-refractivity contribution in [2.24, 2.45) is 0 Å². The monoisotopic (exact) mass is 186 g/mol. The van der Waals surface area contributed by atoms with Crippen LogP contribution in [0.25, 0.3) is 0 Å². The number of methoxy groups -OCH3 is 1. The lowest BCUT2D eigenvalue weighted by Crippen LogP contribution is -1.94. The molecule has 0 N–H and O–H groups in total. The minimum absolute atomic E-state index is 0.301. The Balaban J connectivity index is 3.27. The average molecular weight is 186 g/mol. The van der Waals surface area contributed by atoms with Crippen molar-refractivity contribution < 1.29 is 4.74 Å². The fourth-order valence-electron chi connectivity index (χ4n) is 1.28. The molecule has 0 aromatic heterocycles. The molecule has 14 heavy (non-hydrogen) atoms. The van der Waals surface area contributed by atoms with Gasteiger partial charge in [0.2, 0.25) is 0 Å². The molecule has 0 saturated heterocycles. The van der Waals surface area contributed by atoms with Crippen molar-refractivity contribution in [2.75, 3.05) is 7.11 Å². The molecule has 0 aliphatic carbocycles. The summed E-state index contributed by atoms with van der Waals surface area (Å²) in [6, 6.07) is 7.63. The van der Waals surface area contributed by atoms with E-state index >= 15 is 0 Å². The van der Waals surface area contributed by atoms with Gasteiger partial charge in [-0.05, 0) is 18.6 Å². The van der Waals surface area contributed by atoms with E-state index in [1.54, 1.807) is 6.07 Å². The van der Waals surface area contributed by atoms with E-state index < -0.39 is 0 Å². The van der Waals surface area contributed by atoms with Crippen LogP contribution in [0.3, 0.4) is 0 Å². The summed E-state index contributed by atoms with van der Waals surface area (Å²) >= 11 is 0. The van der Waals surface area contributed by atoms with Gasteiger partial charge < -0.3 is 4.74 Å². The third-order valence-corrected chi connectivity index (χ3v) is 2.02. The topological polar surface area (TPSA) is 56.8 Å². The molecule has 0 atom stereocenters. The highest BCUT2D eigenvalue weighted by atomic mass is 16.5. The van der Waals surface area contributed by atoms with Crippen LogP contribution in [0.4, 0.5) is 0 Å². The molecule has 3 nitrogen and oxygen atoms in total. The molecular weight excluding hydrogens is 176 g/mol. The minimum Gasteiger partial charge on any atom is -0.496 e. The summed E-state index contributed by atoms with van der Waals surface area (Å²) in [6.07, 6.45) is 0.301. The van der Waals surface area contributed by atoms with Crippen LogP contribution in [-0.2, 0) is 6.42 Å². The van der Waals surface area contributed by atoms with Gasteiger partial charge in [-0.15, -0.1) is 0 Å². The zero-order valence-electron chi connectivity index (χ0n) is 8.16. The van der Waals surface area contributed by atoms with Crippen molar-refractivity contribution in [2.45, 2.75) is 13.3 Å². The van der Waals surface area contributed by atoms with Gasteiger partial charge in [0.05, 0.1) is 31.2 Å². The molecule has 0 radical (unpaired) electrons. The molecule has 70 valence electrons. The van der Waals surface area contributed by atoms with Crippen LogP contribution in [-0.4, -0.2) is 7.11 Å². The highest BCUT2D eigenvalue weighted by molar-refractivity contribution is 5.48. The van der Waals surface area contributed by atoms with Crippen LogP contribution in [0.15, 0.2) is 12.1 Å². The third kappa shape index (κ3) is 1.84. The molecule has 1 aromatic rings. The minimum atomic E-state index is 0.301. The average Bonchev–Trinajstić information content (AvgIpc) is 2.19. The number of aryl methyl sites for hydroxylation is 1. The number of nitrogens with zero attached hydrogens (tertiary/aromatic N) is 2. The second-order valence-electron chi connectivity index (χ2n) is 2.93. The summed E-state index contributed by atoms with van der Waals surface area (Å²) in [6.45, 7) is 1.85. The molecule has 0 saturated carbocycles. The normalized spacial score (nSPS) is 8.86. The first kappa shape index (κ1) is 10.1. The maximum Gasteiger partial charge on any atom is 0.124 e. The lowest BCUT2D eigenvalue weighted by molar-refractivity contribution is 0.410. The first-order valence-electron chi connectivity index (χ1n) is 4.17. The van der Waals surface area contributed by atoms with Crippen molar-refractivity contribution in [3.8, 4) is 17.9 Å². The Morgan fingerprint density at radius 2 is 2.07 bits per heavy atom. The summed E-state index contributed by atoms with van der Waals surface area (Å²) in [5, 5.41) is 17.4. The first-order valence-corrected chi connectivity index (χ1v) is 4.17. The van der Waals surface area contributed by atoms with Crippen LogP contribution >= 0.6 is 0 Å². The molecule has 1 aromatic carbocycles. The summed E-state index contributed by atoms with van der Waals surface area (Å²) in [7, 11) is 1.53. The van der Waals surface area contributed by atoms with Crippen molar-refractivity contribution in [3.63, 3.8) is 0 Å². The van der Waals surface area contributed by atoms with E-state index in [1.165, 1.54) is 7.11 Å². The molecule has 0 aliphatic rings. The van der Waals surface area contributed by atoms with Crippen LogP contribution in [0, 0.1) is 29.6 Å². The third-order valence-electron chi connectivity index (χ3n) is 2.02. The molecule has 1 rings (SSSR count). The Hall–Kier alpha value is -2.00. The van der Waals surface area contributed by atoms with Gasteiger partial charge in [-0.25, -0.2) is 0 Å². The molecule has 0 spiro atoms. The molecule has 0 aliphatic heterocycles. The number of benzene rings is 1. The second-order valence-corrected chi connectivity index (χ2v) is 2.93. The van der Waals surface area contributed by atoms with E-state index in [1.807, 2.05) is 13.0 Å². The van der Waals surface area contributed by atoms with Gasteiger partial charge in [-0.2, -0.15) is 10.5 Å². The highest BCUT2D eigenvalue weighted by Crippen LogP contribution is 2.23. The van der Waals surface area contributed by atoms with Gasteiger partial charge in [0.25, 0.3) is 0 Å². The van der Waals surface area contributed by atoms with E-state index in [0.29, 0.717) is 17.7 Å². The van der Waals surface area contributed by atoms with E-state index in [0.717, 1.165) is 11.1 Å². The fourth-order valence-corrected chi connectivity index (χ4v) is 1.28. The molecule has 0 bridgehead atoms. The first-order chi connectivity index (χ1) is 6.72. The maximum atomic E-state index is 8.79. The quantitative estimate of drug-likeness (QED) is 0.709. The van der Waals surface area contributed by atoms with E-state index in [2.05, 4.69) is 12.1 Å². The molecule has 3 heteroatoms. The Kier molecular flexibility index (Phi) is 3.09.